The van der Waals surface area contributed by atoms with Gasteiger partial charge in [-0.25, -0.2) is 0 Å². The van der Waals surface area contributed by atoms with Crippen LogP contribution in [0.2, 0.25) is 0 Å². The molecule has 0 saturated heterocycles. The first-order valence-electron chi connectivity index (χ1n) is 10.0. The first-order chi connectivity index (χ1) is 11.0. The highest BCUT2D eigenvalue weighted by Gasteiger charge is 2.05. The Morgan fingerprint density at radius 2 is 0.727 bits per heavy atom. The fourth-order valence-corrected chi connectivity index (χ4v) is 2.74. The predicted molar refractivity (Wildman–Crippen MR) is 105 cm³/mol. The second kappa shape index (κ2) is 20.2. The molecule has 22 heavy (non-hydrogen) atoms. The van der Waals surface area contributed by atoms with Crippen LogP contribution in [0.25, 0.3) is 0 Å². The molecular formula is C22H42. The van der Waals surface area contributed by atoms with E-state index in [1.807, 2.05) is 41.5 Å². The van der Waals surface area contributed by atoms with Crippen molar-refractivity contribution in [3.63, 3.8) is 0 Å². The number of benzene rings is 1. The Morgan fingerprint density at radius 1 is 0.455 bits per heavy atom. The van der Waals surface area contributed by atoms with E-state index in [4.69, 9.17) is 0 Å². The molecule has 1 aromatic carbocycles. The molecule has 0 bridgehead atoms. The van der Waals surface area contributed by atoms with Crippen LogP contribution in [0.5, 0.6) is 0 Å². The Labute approximate surface area is 141 Å². The molecule has 0 atom stereocenters. The number of rotatable bonds is 0. The van der Waals surface area contributed by atoms with Crippen molar-refractivity contribution in [2.75, 3.05) is 0 Å². The Kier molecular flexibility index (Phi) is 21.6. The van der Waals surface area contributed by atoms with Crippen LogP contribution in [0.3, 0.4) is 0 Å². The minimum Gasteiger partial charge on any atom is -0.0683 e. The Hall–Kier alpha value is -0.780. The van der Waals surface area contributed by atoms with Gasteiger partial charge in [0.1, 0.15) is 0 Å². The third-order valence-electron chi connectivity index (χ3n) is 3.76. The summed E-state index contributed by atoms with van der Waals surface area (Å²) in [6.45, 7) is 12.0. The summed E-state index contributed by atoms with van der Waals surface area (Å²) >= 11 is 0. The zero-order valence-electron chi connectivity index (χ0n) is 16.4. The van der Waals surface area contributed by atoms with E-state index in [9.17, 15) is 0 Å². The van der Waals surface area contributed by atoms with Crippen LogP contribution in [0.15, 0.2) is 24.3 Å². The minimum absolute atomic E-state index is 1.30. The molecule has 0 heteroatoms. The fourth-order valence-electron chi connectivity index (χ4n) is 2.74. The van der Waals surface area contributed by atoms with Gasteiger partial charge in [-0.05, 0) is 36.8 Å². The van der Waals surface area contributed by atoms with E-state index < -0.39 is 0 Å². The average Bonchev–Trinajstić information content (AvgIpc) is 2.69. The van der Waals surface area contributed by atoms with E-state index in [0.29, 0.717) is 0 Å². The lowest BCUT2D eigenvalue weighted by molar-refractivity contribution is 0.504. The summed E-state index contributed by atoms with van der Waals surface area (Å²) in [5.74, 6) is 0. The molecule has 0 N–H and O–H groups in total. The van der Waals surface area contributed by atoms with Crippen molar-refractivity contribution < 1.29 is 0 Å². The topological polar surface area (TPSA) is 0 Å². The van der Waals surface area contributed by atoms with Gasteiger partial charge in [0, 0.05) is 0 Å². The molecule has 0 radical (unpaired) electrons. The largest absolute Gasteiger partial charge is 0.0683 e. The SMILES string of the molecule is C1CCCCC1.CC.CC.CC.c1ccc2c(c1)CCCC2. The van der Waals surface area contributed by atoms with E-state index in [-0.39, 0.29) is 0 Å². The van der Waals surface area contributed by atoms with Gasteiger partial charge in [0.15, 0.2) is 0 Å². The smallest absolute Gasteiger partial charge is 0.0276 e. The van der Waals surface area contributed by atoms with Crippen LogP contribution >= 0.6 is 0 Å². The summed E-state index contributed by atoms with van der Waals surface area (Å²) in [6, 6.07) is 8.80. The van der Waals surface area contributed by atoms with Crippen molar-refractivity contribution >= 4 is 0 Å². The monoisotopic (exact) mass is 306 g/mol. The standard InChI is InChI=1S/C10H12.C6H12.3C2H6/c1-2-6-10-8-4-3-7-9(10)5-1;1-2-4-6-5-3-1;3*1-2/h1-2,5-6H,3-4,7-8H2;1-6H2;3*1-2H3. The van der Waals surface area contributed by atoms with Crippen LogP contribution in [0, 0.1) is 0 Å². The molecule has 0 nitrogen and oxygen atoms in total. The average molecular weight is 307 g/mol. The van der Waals surface area contributed by atoms with Crippen LogP contribution in [-0.2, 0) is 12.8 Å². The van der Waals surface area contributed by atoms with Gasteiger partial charge >= 0.3 is 0 Å². The molecule has 1 saturated carbocycles. The van der Waals surface area contributed by atoms with Crippen LogP contribution in [0.4, 0.5) is 0 Å². The molecular weight excluding hydrogens is 264 g/mol. The number of hydrogen-bond donors (Lipinski definition) is 0. The zero-order chi connectivity index (χ0) is 17.1. The van der Waals surface area contributed by atoms with Gasteiger partial charge in [-0.3, -0.25) is 0 Å². The molecule has 0 aliphatic heterocycles. The highest BCUT2D eigenvalue weighted by molar-refractivity contribution is 5.28. The predicted octanol–water partition coefficient (Wildman–Crippen LogP) is 7.98. The summed E-state index contributed by atoms with van der Waals surface area (Å²) in [5, 5.41) is 0. The fraction of sp³-hybridized carbons (Fsp3) is 0.727. The molecule has 0 unspecified atom stereocenters. The summed E-state index contributed by atoms with van der Waals surface area (Å²) in [5.41, 5.74) is 3.16. The molecule has 1 fully saturated rings. The van der Waals surface area contributed by atoms with Crippen molar-refractivity contribution in [2.45, 2.75) is 106 Å². The van der Waals surface area contributed by atoms with Gasteiger partial charge in [0.25, 0.3) is 0 Å². The van der Waals surface area contributed by atoms with E-state index in [1.165, 1.54) is 64.2 Å². The van der Waals surface area contributed by atoms with Gasteiger partial charge in [-0.1, -0.05) is 104 Å². The summed E-state index contributed by atoms with van der Waals surface area (Å²) in [6.07, 6.45) is 14.4. The van der Waals surface area contributed by atoms with Crippen LogP contribution < -0.4 is 0 Å². The van der Waals surface area contributed by atoms with Crippen LogP contribution in [-0.4, -0.2) is 0 Å². The summed E-state index contributed by atoms with van der Waals surface area (Å²) in [7, 11) is 0. The van der Waals surface area contributed by atoms with Crippen LogP contribution in [0.1, 0.15) is 104 Å². The first-order valence-corrected chi connectivity index (χ1v) is 10.0. The normalized spacial score (nSPS) is 14.8. The molecule has 2 aliphatic rings. The maximum atomic E-state index is 2.26. The van der Waals surface area contributed by atoms with Crippen molar-refractivity contribution in [3.8, 4) is 0 Å². The molecule has 0 aromatic heterocycles. The van der Waals surface area contributed by atoms with Gasteiger partial charge in [-0.2, -0.15) is 0 Å². The zero-order valence-corrected chi connectivity index (χ0v) is 16.4. The number of fused-ring (bicyclic) bond motifs is 1. The highest BCUT2D eigenvalue weighted by Crippen LogP contribution is 2.19. The van der Waals surface area contributed by atoms with Crippen molar-refractivity contribution in [2.24, 2.45) is 0 Å². The summed E-state index contributed by atoms with van der Waals surface area (Å²) < 4.78 is 0. The van der Waals surface area contributed by atoms with Gasteiger partial charge in [-0.15, -0.1) is 0 Å². The molecule has 0 amide bonds. The quantitative estimate of drug-likeness (QED) is 0.455. The number of aryl methyl sites for hydroxylation is 2. The maximum Gasteiger partial charge on any atom is -0.0276 e. The van der Waals surface area contributed by atoms with E-state index in [0.717, 1.165) is 0 Å². The van der Waals surface area contributed by atoms with Gasteiger partial charge in [0.05, 0.1) is 0 Å². The second-order valence-electron chi connectivity index (χ2n) is 5.10. The van der Waals surface area contributed by atoms with Crippen molar-refractivity contribution in [1.29, 1.82) is 0 Å². The Bertz CT molecular complexity index is 260. The lowest BCUT2D eigenvalue weighted by atomic mass is 9.92. The molecule has 2 aliphatic carbocycles. The lowest BCUT2D eigenvalue weighted by Crippen LogP contribution is -2.00. The van der Waals surface area contributed by atoms with Gasteiger partial charge in [0.2, 0.25) is 0 Å². The van der Waals surface area contributed by atoms with E-state index >= 15 is 0 Å². The van der Waals surface area contributed by atoms with E-state index in [2.05, 4.69) is 24.3 Å². The molecule has 3 rings (SSSR count). The Morgan fingerprint density at radius 3 is 1.00 bits per heavy atom. The molecule has 0 spiro atoms. The molecule has 0 heterocycles. The lowest BCUT2D eigenvalue weighted by Gasteiger charge is -2.13. The first kappa shape index (κ1) is 23.5. The molecule has 130 valence electrons. The highest BCUT2D eigenvalue weighted by atomic mass is 14.1. The Balaban J connectivity index is 0. The number of hydrogen-bond acceptors (Lipinski definition) is 0. The van der Waals surface area contributed by atoms with Crippen molar-refractivity contribution in [1.82, 2.24) is 0 Å². The third kappa shape index (κ3) is 11.8. The minimum atomic E-state index is 1.30. The van der Waals surface area contributed by atoms with Crippen molar-refractivity contribution in [3.05, 3.63) is 35.4 Å². The molecule has 1 aromatic rings. The van der Waals surface area contributed by atoms with Gasteiger partial charge < -0.3 is 0 Å². The maximum absolute atomic E-state index is 2.26. The summed E-state index contributed by atoms with van der Waals surface area (Å²) in [4.78, 5) is 0. The third-order valence-corrected chi connectivity index (χ3v) is 3.76. The van der Waals surface area contributed by atoms with E-state index in [1.54, 1.807) is 11.1 Å². The second-order valence-corrected chi connectivity index (χ2v) is 5.10.